The van der Waals surface area contributed by atoms with Crippen molar-refractivity contribution >= 4 is 5.91 Å². The van der Waals surface area contributed by atoms with Gasteiger partial charge in [0.1, 0.15) is 17.4 Å². The molecule has 3 unspecified atom stereocenters. The highest BCUT2D eigenvalue weighted by atomic mass is 19.1. The van der Waals surface area contributed by atoms with Gasteiger partial charge in [0.15, 0.2) is 0 Å². The van der Waals surface area contributed by atoms with E-state index in [1.165, 1.54) is 18.2 Å². The lowest BCUT2D eigenvalue weighted by molar-refractivity contribution is -0.122. The van der Waals surface area contributed by atoms with E-state index in [4.69, 9.17) is 4.74 Å². The van der Waals surface area contributed by atoms with Crippen molar-refractivity contribution in [3.63, 3.8) is 0 Å². The first-order chi connectivity index (χ1) is 12.0. The second-order valence-corrected chi connectivity index (χ2v) is 6.12. The van der Waals surface area contributed by atoms with Gasteiger partial charge in [-0.15, -0.1) is 0 Å². The number of nitrogens with one attached hydrogen (secondary N) is 1. The highest BCUT2D eigenvalue weighted by Crippen LogP contribution is 2.49. The van der Waals surface area contributed by atoms with Gasteiger partial charge in [-0.2, -0.15) is 0 Å². The van der Waals surface area contributed by atoms with Crippen molar-refractivity contribution in [2.45, 2.75) is 18.4 Å². The SMILES string of the molecule is COc1ccc(C(O)CNC(=O)C2CC2c2c(F)cccc2F)cc1. The van der Waals surface area contributed by atoms with Crippen LogP contribution >= 0.6 is 0 Å². The Bertz CT molecular complexity index is 744. The van der Waals surface area contributed by atoms with E-state index in [9.17, 15) is 18.7 Å². The molecule has 1 aliphatic carbocycles. The van der Waals surface area contributed by atoms with E-state index < -0.39 is 29.6 Å². The van der Waals surface area contributed by atoms with Gasteiger partial charge in [-0.1, -0.05) is 18.2 Å². The molecule has 0 spiro atoms. The number of carbonyl (C=O) groups excluding carboxylic acids is 1. The topological polar surface area (TPSA) is 58.6 Å². The van der Waals surface area contributed by atoms with E-state index in [-0.39, 0.29) is 18.0 Å². The Morgan fingerprint density at radius 3 is 2.48 bits per heavy atom. The van der Waals surface area contributed by atoms with Crippen LogP contribution in [0.2, 0.25) is 0 Å². The molecule has 1 aliphatic rings. The number of aliphatic hydroxyl groups is 1. The number of benzene rings is 2. The van der Waals surface area contributed by atoms with Gasteiger partial charge in [0.25, 0.3) is 0 Å². The number of hydrogen-bond donors (Lipinski definition) is 2. The number of halogens is 2. The second-order valence-electron chi connectivity index (χ2n) is 6.12. The van der Waals surface area contributed by atoms with Crippen molar-refractivity contribution in [3.8, 4) is 5.75 Å². The van der Waals surface area contributed by atoms with Crippen molar-refractivity contribution < 1.29 is 23.4 Å². The second kappa shape index (κ2) is 7.19. The molecule has 0 bridgehead atoms. The maximum Gasteiger partial charge on any atom is 0.223 e. The minimum absolute atomic E-state index is 0.0293. The molecule has 0 radical (unpaired) electrons. The third kappa shape index (κ3) is 3.79. The summed E-state index contributed by atoms with van der Waals surface area (Å²) in [5.74, 6) is -1.79. The van der Waals surface area contributed by atoms with E-state index in [1.807, 2.05) is 0 Å². The molecule has 0 heterocycles. The summed E-state index contributed by atoms with van der Waals surface area (Å²) in [6, 6.07) is 10.6. The molecule has 2 N–H and O–H groups in total. The van der Waals surface area contributed by atoms with Crippen LogP contribution < -0.4 is 10.1 Å². The van der Waals surface area contributed by atoms with Gasteiger partial charge in [0.05, 0.1) is 13.2 Å². The lowest BCUT2D eigenvalue weighted by Crippen LogP contribution is -2.30. The number of carbonyl (C=O) groups is 1. The Kier molecular flexibility index (Phi) is 4.99. The van der Waals surface area contributed by atoms with Crippen LogP contribution in [-0.2, 0) is 4.79 Å². The Labute approximate surface area is 144 Å². The van der Waals surface area contributed by atoms with Gasteiger partial charge in [0.2, 0.25) is 5.91 Å². The van der Waals surface area contributed by atoms with Crippen molar-refractivity contribution in [1.82, 2.24) is 5.32 Å². The van der Waals surface area contributed by atoms with Gasteiger partial charge in [0, 0.05) is 23.9 Å². The van der Waals surface area contributed by atoms with Gasteiger partial charge < -0.3 is 15.2 Å². The lowest BCUT2D eigenvalue weighted by Gasteiger charge is -2.13. The molecule has 132 valence electrons. The third-order valence-corrected chi connectivity index (χ3v) is 4.47. The summed E-state index contributed by atoms with van der Waals surface area (Å²) >= 11 is 0. The van der Waals surface area contributed by atoms with Crippen LogP contribution in [0.4, 0.5) is 8.78 Å². The first-order valence-electron chi connectivity index (χ1n) is 8.05. The normalized spacial score (nSPS) is 20.0. The molecular formula is C19H19F2NO3. The van der Waals surface area contributed by atoms with E-state index in [1.54, 1.807) is 31.4 Å². The third-order valence-electron chi connectivity index (χ3n) is 4.47. The minimum atomic E-state index is -0.864. The first-order valence-corrected chi connectivity index (χ1v) is 8.05. The van der Waals surface area contributed by atoms with Gasteiger partial charge >= 0.3 is 0 Å². The smallest absolute Gasteiger partial charge is 0.223 e. The maximum atomic E-state index is 13.8. The molecule has 1 amide bonds. The van der Waals surface area contributed by atoms with Gasteiger partial charge in [-0.05, 0) is 36.2 Å². The number of methoxy groups -OCH3 is 1. The number of amides is 1. The van der Waals surface area contributed by atoms with E-state index >= 15 is 0 Å². The Hall–Kier alpha value is -2.47. The summed E-state index contributed by atoms with van der Waals surface area (Å²) < 4.78 is 32.6. The van der Waals surface area contributed by atoms with Crippen LogP contribution in [0.1, 0.15) is 29.6 Å². The number of aliphatic hydroxyl groups excluding tert-OH is 1. The predicted octanol–water partition coefficient (Wildman–Crippen LogP) is 2.93. The van der Waals surface area contributed by atoms with Crippen LogP contribution in [0.15, 0.2) is 42.5 Å². The zero-order valence-corrected chi connectivity index (χ0v) is 13.7. The summed E-state index contributed by atoms with van der Waals surface area (Å²) in [6.45, 7) is 0.0358. The van der Waals surface area contributed by atoms with E-state index in [0.717, 1.165) is 0 Å². The average Bonchev–Trinajstić information content (AvgIpc) is 3.39. The molecule has 6 heteroatoms. The van der Waals surface area contributed by atoms with E-state index in [0.29, 0.717) is 17.7 Å². The van der Waals surface area contributed by atoms with E-state index in [2.05, 4.69) is 5.32 Å². The predicted molar refractivity (Wildman–Crippen MR) is 88.2 cm³/mol. The lowest BCUT2D eigenvalue weighted by atomic mass is 10.1. The fourth-order valence-electron chi connectivity index (χ4n) is 2.94. The van der Waals surface area contributed by atoms with Crippen molar-refractivity contribution in [2.75, 3.05) is 13.7 Å². The van der Waals surface area contributed by atoms with Gasteiger partial charge in [-0.3, -0.25) is 4.79 Å². The van der Waals surface area contributed by atoms with Crippen molar-refractivity contribution in [3.05, 3.63) is 65.2 Å². The Morgan fingerprint density at radius 2 is 1.88 bits per heavy atom. The fraction of sp³-hybridized carbons (Fsp3) is 0.316. The van der Waals surface area contributed by atoms with Crippen LogP contribution in [0.3, 0.4) is 0 Å². The van der Waals surface area contributed by atoms with Crippen molar-refractivity contribution in [2.24, 2.45) is 5.92 Å². The Balaban J connectivity index is 1.55. The summed E-state index contributed by atoms with van der Waals surface area (Å²) in [7, 11) is 1.55. The highest BCUT2D eigenvalue weighted by Gasteiger charge is 2.46. The molecule has 3 atom stereocenters. The summed E-state index contributed by atoms with van der Waals surface area (Å²) in [5, 5.41) is 12.8. The molecule has 4 nitrogen and oxygen atoms in total. The zero-order valence-electron chi connectivity index (χ0n) is 13.7. The fourth-order valence-corrected chi connectivity index (χ4v) is 2.94. The van der Waals surface area contributed by atoms with Gasteiger partial charge in [-0.25, -0.2) is 8.78 Å². The summed E-state index contributed by atoms with van der Waals surface area (Å²) in [4.78, 5) is 12.2. The Morgan fingerprint density at radius 1 is 1.24 bits per heavy atom. The number of hydrogen-bond acceptors (Lipinski definition) is 3. The molecule has 0 aliphatic heterocycles. The largest absolute Gasteiger partial charge is 0.497 e. The maximum absolute atomic E-state index is 13.8. The standard InChI is InChI=1S/C19H19F2NO3/c1-25-12-7-5-11(6-8-12)17(23)10-22-19(24)14-9-13(14)18-15(20)3-2-4-16(18)21/h2-8,13-14,17,23H,9-10H2,1H3,(H,22,24). The van der Waals surface area contributed by atoms with Crippen LogP contribution in [-0.4, -0.2) is 24.7 Å². The molecule has 2 aromatic rings. The number of ether oxygens (including phenoxy) is 1. The first kappa shape index (κ1) is 17.4. The molecule has 2 aromatic carbocycles. The quantitative estimate of drug-likeness (QED) is 0.845. The summed E-state index contributed by atoms with van der Waals surface area (Å²) in [5.41, 5.74) is 0.618. The molecule has 0 aromatic heterocycles. The minimum Gasteiger partial charge on any atom is -0.497 e. The molecule has 3 rings (SSSR count). The van der Waals surface area contributed by atoms with Crippen molar-refractivity contribution in [1.29, 1.82) is 0 Å². The average molecular weight is 347 g/mol. The number of rotatable bonds is 6. The zero-order chi connectivity index (χ0) is 18.0. The molecule has 0 saturated heterocycles. The molecule has 1 saturated carbocycles. The molecule has 1 fully saturated rings. The monoisotopic (exact) mass is 347 g/mol. The molecular weight excluding hydrogens is 328 g/mol. The summed E-state index contributed by atoms with van der Waals surface area (Å²) in [6.07, 6.45) is -0.459. The van der Waals surface area contributed by atoms with Crippen LogP contribution in [0.5, 0.6) is 5.75 Å². The molecule has 25 heavy (non-hydrogen) atoms. The highest BCUT2D eigenvalue weighted by molar-refractivity contribution is 5.83. The van der Waals surface area contributed by atoms with Crippen LogP contribution in [0, 0.1) is 17.6 Å². The van der Waals surface area contributed by atoms with Crippen LogP contribution in [0.25, 0.3) is 0 Å².